The van der Waals surface area contributed by atoms with Crippen molar-refractivity contribution >= 4 is 44.8 Å². The molecule has 3 rings (SSSR count). The summed E-state index contributed by atoms with van der Waals surface area (Å²) in [6, 6.07) is 13.9. The van der Waals surface area contributed by atoms with Gasteiger partial charge in [0.05, 0.1) is 25.3 Å². The molecular formula is C16H14Cl2N2S. The number of aromatic nitrogens is 1. The molecule has 0 saturated heterocycles. The Morgan fingerprint density at radius 2 is 1.90 bits per heavy atom. The molecule has 5 heteroatoms. The molecule has 0 unspecified atom stereocenters. The maximum Gasteiger partial charge on any atom is 0.0951 e. The number of para-hydroxylation sites is 1. The van der Waals surface area contributed by atoms with E-state index >= 15 is 0 Å². The van der Waals surface area contributed by atoms with Gasteiger partial charge in [0.1, 0.15) is 0 Å². The first-order valence-corrected chi connectivity index (χ1v) is 8.29. The molecule has 0 radical (unpaired) electrons. The Morgan fingerprint density at radius 1 is 1.05 bits per heavy atom. The van der Waals surface area contributed by atoms with E-state index < -0.39 is 0 Å². The fraction of sp³-hybridized carbons (Fsp3) is 0.188. The number of rotatable bonds is 5. The van der Waals surface area contributed by atoms with Crippen LogP contribution in [0, 0.1) is 0 Å². The van der Waals surface area contributed by atoms with Crippen LogP contribution in [0.25, 0.3) is 10.2 Å². The van der Waals surface area contributed by atoms with E-state index in [1.807, 2.05) is 24.3 Å². The molecule has 0 aliphatic heterocycles. The Hall–Kier alpha value is -1.13. The molecular weight excluding hydrogens is 323 g/mol. The summed E-state index contributed by atoms with van der Waals surface area (Å²) in [6.45, 7) is 1.58. The molecule has 0 saturated carbocycles. The highest BCUT2D eigenvalue weighted by Gasteiger charge is 2.05. The number of thiazole rings is 1. The summed E-state index contributed by atoms with van der Waals surface area (Å²) in [5.74, 6) is 0. The second-order valence-corrected chi connectivity index (χ2v) is 6.62. The van der Waals surface area contributed by atoms with Crippen molar-refractivity contribution < 1.29 is 0 Å². The van der Waals surface area contributed by atoms with Gasteiger partial charge in [-0.1, -0.05) is 47.5 Å². The molecule has 0 fully saturated rings. The third kappa shape index (κ3) is 3.55. The summed E-state index contributed by atoms with van der Waals surface area (Å²) in [7, 11) is 0. The topological polar surface area (TPSA) is 24.9 Å². The van der Waals surface area contributed by atoms with Crippen LogP contribution < -0.4 is 5.32 Å². The van der Waals surface area contributed by atoms with Crippen LogP contribution in [-0.4, -0.2) is 11.5 Å². The Morgan fingerprint density at radius 3 is 2.76 bits per heavy atom. The highest BCUT2D eigenvalue weighted by atomic mass is 35.5. The van der Waals surface area contributed by atoms with Gasteiger partial charge in [-0.2, -0.15) is 0 Å². The van der Waals surface area contributed by atoms with Crippen LogP contribution >= 0.6 is 34.5 Å². The summed E-state index contributed by atoms with van der Waals surface area (Å²) < 4.78 is 1.24. The lowest BCUT2D eigenvalue weighted by Gasteiger charge is -2.06. The van der Waals surface area contributed by atoms with Crippen LogP contribution in [-0.2, 0) is 13.0 Å². The van der Waals surface area contributed by atoms with Gasteiger partial charge >= 0.3 is 0 Å². The van der Waals surface area contributed by atoms with Gasteiger partial charge in [0.15, 0.2) is 0 Å². The molecule has 0 aliphatic rings. The minimum atomic E-state index is 0.599. The van der Waals surface area contributed by atoms with E-state index in [1.54, 1.807) is 17.4 Å². The van der Waals surface area contributed by atoms with Gasteiger partial charge in [-0.05, 0) is 23.8 Å². The first-order chi connectivity index (χ1) is 10.2. The molecule has 2 aromatic carbocycles. The van der Waals surface area contributed by atoms with Crippen molar-refractivity contribution in [3.05, 3.63) is 63.1 Å². The normalized spacial score (nSPS) is 11.1. The van der Waals surface area contributed by atoms with Crippen molar-refractivity contribution in [3.8, 4) is 0 Å². The Labute approximate surface area is 137 Å². The smallest absolute Gasteiger partial charge is 0.0951 e. The summed E-state index contributed by atoms with van der Waals surface area (Å²) in [4.78, 5) is 4.62. The zero-order chi connectivity index (χ0) is 14.7. The average molecular weight is 337 g/mol. The highest BCUT2D eigenvalue weighted by Crippen LogP contribution is 2.25. The zero-order valence-electron chi connectivity index (χ0n) is 11.3. The minimum Gasteiger partial charge on any atom is -0.312 e. The largest absolute Gasteiger partial charge is 0.312 e. The summed E-state index contributed by atoms with van der Waals surface area (Å²) in [6.07, 6.45) is 0.914. The van der Waals surface area contributed by atoms with Crippen molar-refractivity contribution in [1.29, 1.82) is 0 Å². The van der Waals surface area contributed by atoms with Gasteiger partial charge in [0.25, 0.3) is 0 Å². The molecule has 3 aromatic rings. The number of fused-ring (bicyclic) bond motifs is 1. The van der Waals surface area contributed by atoms with Crippen molar-refractivity contribution in [1.82, 2.24) is 10.3 Å². The predicted octanol–water partition coefficient (Wildman–Crippen LogP) is 4.94. The van der Waals surface area contributed by atoms with E-state index in [4.69, 9.17) is 23.2 Å². The molecule has 0 atom stereocenters. The minimum absolute atomic E-state index is 0.599. The average Bonchev–Trinajstić information content (AvgIpc) is 2.90. The lowest BCUT2D eigenvalue weighted by atomic mass is 10.2. The molecule has 0 bridgehead atoms. The van der Waals surface area contributed by atoms with E-state index in [-0.39, 0.29) is 0 Å². The molecule has 0 spiro atoms. The van der Waals surface area contributed by atoms with Crippen molar-refractivity contribution in [2.45, 2.75) is 13.0 Å². The third-order valence-electron chi connectivity index (χ3n) is 3.20. The fourth-order valence-electron chi connectivity index (χ4n) is 2.13. The third-order valence-corrected chi connectivity index (χ3v) is 5.16. The standard InChI is InChI=1S/C16H14Cl2N2S/c17-12-5-3-4-11(16(12)18)10-19-9-8-15-20-13-6-1-2-7-14(13)21-15/h1-7,19H,8-10H2. The van der Waals surface area contributed by atoms with E-state index in [0.29, 0.717) is 16.6 Å². The Kier molecular flexibility index (Phi) is 4.76. The molecule has 1 N–H and O–H groups in total. The molecule has 2 nitrogen and oxygen atoms in total. The van der Waals surface area contributed by atoms with Crippen molar-refractivity contribution in [3.63, 3.8) is 0 Å². The SMILES string of the molecule is Clc1cccc(CNCCc2nc3ccccc3s2)c1Cl. The van der Waals surface area contributed by atoms with Crippen LogP contribution in [0.5, 0.6) is 0 Å². The maximum atomic E-state index is 6.16. The van der Waals surface area contributed by atoms with Gasteiger partial charge in [-0.15, -0.1) is 11.3 Å². The van der Waals surface area contributed by atoms with Crippen LogP contribution in [0.3, 0.4) is 0 Å². The first kappa shape index (κ1) is 14.8. The summed E-state index contributed by atoms with van der Waals surface area (Å²) >= 11 is 13.9. The van der Waals surface area contributed by atoms with Gasteiger partial charge in [-0.25, -0.2) is 4.98 Å². The predicted molar refractivity (Wildman–Crippen MR) is 91.5 cm³/mol. The van der Waals surface area contributed by atoms with Crippen LogP contribution in [0.15, 0.2) is 42.5 Å². The van der Waals surface area contributed by atoms with Crippen molar-refractivity contribution in [2.75, 3.05) is 6.54 Å². The first-order valence-electron chi connectivity index (χ1n) is 6.72. The van der Waals surface area contributed by atoms with E-state index in [2.05, 4.69) is 22.4 Å². The fourth-order valence-corrected chi connectivity index (χ4v) is 3.48. The van der Waals surface area contributed by atoms with Crippen LogP contribution in [0.1, 0.15) is 10.6 Å². The summed E-state index contributed by atoms with van der Waals surface area (Å²) in [5, 5.41) is 5.77. The monoisotopic (exact) mass is 336 g/mol. The van der Waals surface area contributed by atoms with Gasteiger partial charge in [0, 0.05) is 19.5 Å². The lowest BCUT2D eigenvalue weighted by Crippen LogP contribution is -2.16. The molecule has 0 aliphatic carbocycles. The van der Waals surface area contributed by atoms with Crippen molar-refractivity contribution in [2.24, 2.45) is 0 Å². The van der Waals surface area contributed by atoms with E-state index in [9.17, 15) is 0 Å². The molecule has 21 heavy (non-hydrogen) atoms. The molecule has 1 aromatic heterocycles. The van der Waals surface area contributed by atoms with Crippen LogP contribution in [0.4, 0.5) is 0 Å². The second kappa shape index (κ2) is 6.75. The number of benzene rings is 2. The number of nitrogens with one attached hydrogen (secondary N) is 1. The van der Waals surface area contributed by atoms with Gasteiger partial charge in [0.2, 0.25) is 0 Å². The molecule has 1 heterocycles. The second-order valence-electron chi connectivity index (χ2n) is 4.72. The van der Waals surface area contributed by atoms with Crippen LogP contribution in [0.2, 0.25) is 10.0 Å². The van der Waals surface area contributed by atoms with Gasteiger partial charge < -0.3 is 5.32 Å². The summed E-state index contributed by atoms with van der Waals surface area (Å²) in [5.41, 5.74) is 2.10. The number of halogens is 2. The highest BCUT2D eigenvalue weighted by molar-refractivity contribution is 7.18. The number of hydrogen-bond acceptors (Lipinski definition) is 3. The van der Waals surface area contributed by atoms with E-state index in [1.165, 1.54) is 4.70 Å². The Bertz CT molecular complexity index is 722. The van der Waals surface area contributed by atoms with Gasteiger partial charge in [-0.3, -0.25) is 0 Å². The quantitative estimate of drug-likeness (QED) is 0.668. The molecule has 0 amide bonds. The zero-order valence-corrected chi connectivity index (χ0v) is 13.6. The molecule has 108 valence electrons. The lowest BCUT2D eigenvalue weighted by molar-refractivity contribution is 0.686. The number of hydrogen-bond donors (Lipinski definition) is 1. The van der Waals surface area contributed by atoms with E-state index in [0.717, 1.165) is 29.1 Å². The number of nitrogens with zero attached hydrogens (tertiary/aromatic N) is 1. The Balaban J connectivity index is 1.55. The maximum absolute atomic E-state index is 6.16.